The smallest absolute Gasteiger partial charge is 0.292 e. The van der Waals surface area contributed by atoms with Crippen LogP contribution in [-0.4, -0.2) is 13.6 Å². The van der Waals surface area contributed by atoms with Crippen molar-refractivity contribution in [1.82, 2.24) is 0 Å². The minimum atomic E-state index is 0.375. The van der Waals surface area contributed by atoms with E-state index in [1.807, 2.05) is 0 Å². The Morgan fingerprint density at radius 2 is 1.23 bits per heavy atom. The second-order valence-electron chi connectivity index (χ2n) is 3.00. The zero-order chi connectivity index (χ0) is 10.3. The maximum atomic E-state index is 8.95. The predicted octanol–water partition coefficient (Wildman–Crippen LogP) is 2.40. The standard InChI is InChI=1S/C9H12.C2H4O2/c1-7-4-8(2)6-9(3)5-7;1-4-2-3/h4-6H,1-3H3;2H,1H3. The van der Waals surface area contributed by atoms with Gasteiger partial charge in [-0.2, -0.15) is 0 Å². The van der Waals surface area contributed by atoms with Gasteiger partial charge in [-0.1, -0.05) is 34.9 Å². The molecular formula is C11H16O2. The van der Waals surface area contributed by atoms with Crippen LogP contribution in [0.5, 0.6) is 0 Å². The van der Waals surface area contributed by atoms with E-state index in [1.165, 1.54) is 23.8 Å². The van der Waals surface area contributed by atoms with Crippen LogP contribution in [0.2, 0.25) is 0 Å². The molecule has 0 bridgehead atoms. The number of aryl methyl sites for hydroxylation is 3. The molecule has 0 aliphatic carbocycles. The first-order chi connectivity index (χ1) is 6.10. The van der Waals surface area contributed by atoms with Gasteiger partial charge in [-0.15, -0.1) is 0 Å². The molecule has 2 nitrogen and oxygen atoms in total. The van der Waals surface area contributed by atoms with Crippen LogP contribution in [0.25, 0.3) is 0 Å². The molecule has 1 aromatic carbocycles. The first-order valence-corrected chi connectivity index (χ1v) is 4.11. The lowest BCUT2D eigenvalue weighted by molar-refractivity contribution is -0.126. The van der Waals surface area contributed by atoms with Crippen molar-refractivity contribution >= 4 is 6.47 Å². The molecule has 0 heterocycles. The quantitative estimate of drug-likeness (QED) is 0.620. The number of hydrogen-bond donors (Lipinski definition) is 0. The molecule has 0 atom stereocenters. The van der Waals surface area contributed by atoms with E-state index in [1.54, 1.807) is 0 Å². The SMILES string of the molecule is COC=O.Cc1cc(C)cc(C)c1. The summed E-state index contributed by atoms with van der Waals surface area (Å²) in [4.78, 5) is 8.95. The second kappa shape index (κ2) is 6.23. The summed E-state index contributed by atoms with van der Waals surface area (Å²) < 4.78 is 3.86. The lowest BCUT2D eigenvalue weighted by Gasteiger charge is -1.96. The van der Waals surface area contributed by atoms with E-state index >= 15 is 0 Å². The third kappa shape index (κ3) is 5.91. The fourth-order valence-electron chi connectivity index (χ4n) is 1.20. The van der Waals surface area contributed by atoms with Gasteiger partial charge in [-0.3, -0.25) is 4.79 Å². The van der Waals surface area contributed by atoms with Crippen LogP contribution in [0.4, 0.5) is 0 Å². The molecular weight excluding hydrogens is 164 g/mol. The van der Waals surface area contributed by atoms with Gasteiger partial charge in [0.15, 0.2) is 0 Å². The Bertz CT molecular complexity index is 216. The molecule has 0 aromatic heterocycles. The maximum Gasteiger partial charge on any atom is 0.292 e. The van der Waals surface area contributed by atoms with Crippen molar-refractivity contribution in [2.75, 3.05) is 7.11 Å². The first kappa shape index (κ1) is 11.7. The monoisotopic (exact) mass is 180 g/mol. The summed E-state index contributed by atoms with van der Waals surface area (Å²) in [5, 5.41) is 0. The van der Waals surface area contributed by atoms with Gasteiger partial charge in [0.05, 0.1) is 7.11 Å². The fraction of sp³-hybridized carbons (Fsp3) is 0.364. The van der Waals surface area contributed by atoms with Gasteiger partial charge in [0.1, 0.15) is 0 Å². The third-order valence-corrected chi connectivity index (χ3v) is 1.46. The van der Waals surface area contributed by atoms with E-state index < -0.39 is 0 Å². The fourth-order valence-corrected chi connectivity index (χ4v) is 1.20. The number of carbonyl (C=O) groups is 1. The Hall–Kier alpha value is -1.31. The minimum absolute atomic E-state index is 0.375. The minimum Gasteiger partial charge on any atom is -0.471 e. The summed E-state index contributed by atoms with van der Waals surface area (Å²) in [6.45, 7) is 6.75. The molecule has 0 saturated carbocycles. The molecule has 0 amide bonds. The molecule has 0 aliphatic heterocycles. The number of rotatable bonds is 1. The highest BCUT2D eigenvalue weighted by atomic mass is 16.5. The largest absolute Gasteiger partial charge is 0.471 e. The topological polar surface area (TPSA) is 26.3 Å². The van der Waals surface area contributed by atoms with E-state index in [-0.39, 0.29) is 0 Å². The Morgan fingerprint density at radius 1 is 1.00 bits per heavy atom. The zero-order valence-electron chi connectivity index (χ0n) is 8.63. The van der Waals surface area contributed by atoms with E-state index in [2.05, 4.69) is 43.7 Å². The molecule has 72 valence electrons. The Kier molecular flexibility index (Phi) is 5.60. The number of methoxy groups -OCH3 is 1. The highest BCUT2D eigenvalue weighted by molar-refractivity contribution is 5.36. The summed E-state index contributed by atoms with van der Waals surface area (Å²) in [7, 11) is 1.31. The molecule has 0 fully saturated rings. The first-order valence-electron chi connectivity index (χ1n) is 4.11. The van der Waals surface area contributed by atoms with Crippen molar-refractivity contribution in [1.29, 1.82) is 0 Å². The Morgan fingerprint density at radius 3 is 1.38 bits per heavy atom. The number of ether oxygens (including phenoxy) is 1. The van der Waals surface area contributed by atoms with Crippen molar-refractivity contribution in [2.24, 2.45) is 0 Å². The van der Waals surface area contributed by atoms with Crippen molar-refractivity contribution in [3.63, 3.8) is 0 Å². The van der Waals surface area contributed by atoms with Crippen LogP contribution in [0.3, 0.4) is 0 Å². The molecule has 0 N–H and O–H groups in total. The highest BCUT2D eigenvalue weighted by Crippen LogP contribution is 2.06. The van der Waals surface area contributed by atoms with Crippen LogP contribution in [0.15, 0.2) is 18.2 Å². The molecule has 0 unspecified atom stereocenters. The van der Waals surface area contributed by atoms with Gasteiger partial charge in [-0.05, 0) is 20.8 Å². The molecule has 0 radical (unpaired) electrons. The van der Waals surface area contributed by atoms with Crippen LogP contribution in [-0.2, 0) is 9.53 Å². The summed E-state index contributed by atoms with van der Waals surface area (Å²) >= 11 is 0. The predicted molar refractivity (Wildman–Crippen MR) is 53.7 cm³/mol. The highest BCUT2D eigenvalue weighted by Gasteiger charge is 1.87. The molecule has 1 aromatic rings. The average molecular weight is 180 g/mol. The molecule has 1 rings (SSSR count). The van der Waals surface area contributed by atoms with Crippen LogP contribution in [0, 0.1) is 20.8 Å². The zero-order valence-corrected chi connectivity index (χ0v) is 8.63. The second-order valence-corrected chi connectivity index (χ2v) is 3.00. The van der Waals surface area contributed by atoms with E-state index in [0.29, 0.717) is 6.47 Å². The van der Waals surface area contributed by atoms with Crippen LogP contribution < -0.4 is 0 Å². The molecule has 0 saturated heterocycles. The van der Waals surface area contributed by atoms with Crippen molar-refractivity contribution < 1.29 is 9.53 Å². The van der Waals surface area contributed by atoms with E-state index in [9.17, 15) is 0 Å². The number of carbonyl (C=O) groups excluding carboxylic acids is 1. The summed E-state index contributed by atoms with van der Waals surface area (Å²) in [6, 6.07) is 6.56. The van der Waals surface area contributed by atoms with Crippen molar-refractivity contribution in [2.45, 2.75) is 20.8 Å². The number of benzene rings is 1. The lowest BCUT2D eigenvalue weighted by Crippen LogP contribution is -1.78. The van der Waals surface area contributed by atoms with Gasteiger partial charge >= 0.3 is 0 Å². The van der Waals surface area contributed by atoms with Gasteiger partial charge in [0, 0.05) is 0 Å². The summed E-state index contributed by atoms with van der Waals surface area (Å²) in [6.07, 6.45) is 0. The third-order valence-electron chi connectivity index (χ3n) is 1.46. The van der Waals surface area contributed by atoms with E-state index in [4.69, 9.17) is 4.79 Å². The van der Waals surface area contributed by atoms with Crippen LogP contribution in [0.1, 0.15) is 16.7 Å². The average Bonchev–Trinajstić information content (AvgIpc) is 2.02. The Balaban J connectivity index is 0.000000310. The van der Waals surface area contributed by atoms with Gasteiger partial charge in [-0.25, -0.2) is 0 Å². The maximum absolute atomic E-state index is 8.95. The van der Waals surface area contributed by atoms with E-state index in [0.717, 1.165) is 0 Å². The van der Waals surface area contributed by atoms with Gasteiger partial charge in [0.25, 0.3) is 6.47 Å². The number of hydrogen-bond acceptors (Lipinski definition) is 2. The molecule has 2 heteroatoms. The Labute approximate surface area is 79.5 Å². The van der Waals surface area contributed by atoms with Gasteiger partial charge in [0.2, 0.25) is 0 Å². The lowest BCUT2D eigenvalue weighted by atomic mass is 10.1. The normalized spacial score (nSPS) is 8.31. The molecule has 0 spiro atoms. The summed E-state index contributed by atoms with van der Waals surface area (Å²) in [5.41, 5.74) is 4.06. The van der Waals surface area contributed by atoms with Crippen molar-refractivity contribution in [3.05, 3.63) is 34.9 Å². The molecule has 0 aliphatic rings. The van der Waals surface area contributed by atoms with Crippen molar-refractivity contribution in [3.8, 4) is 0 Å². The summed E-state index contributed by atoms with van der Waals surface area (Å²) in [5.74, 6) is 0. The van der Waals surface area contributed by atoms with Gasteiger partial charge < -0.3 is 4.74 Å². The van der Waals surface area contributed by atoms with Crippen LogP contribution >= 0.6 is 0 Å². The molecule has 13 heavy (non-hydrogen) atoms.